The number of benzene rings is 1. The highest BCUT2D eigenvalue weighted by Crippen LogP contribution is 2.44. The molecular formula is C19H20N2O2S. The molecule has 1 unspecified atom stereocenters. The van der Waals surface area contributed by atoms with Crippen LogP contribution in [0.1, 0.15) is 12.8 Å². The molecule has 4 aliphatic heterocycles. The molecule has 1 atom stereocenters. The molecule has 5 heterocycles. The second kappa shape index (κ2) is 5.33. The second-order valence-electron chi connectivity index (χ2n) is 7.11. The lowest BCUT2D eigenvalue weighted by Gasteiger charge is -2.49. The van der Waals surface area contributed by atoms with Crippen LogP contribution in [0.25, 0.3) is 11.1 Å². The van der Waals surface area contributed by atoms with Gasteiger partial charge in [-0.3, -0.25) is 9.80 Å². The van der Waals surface area contributed by atoms with Crippen LogP contribution in [0.5, 0.6) is 0 Å². The SMILES string of the molecule is O=C1OC2(CN3CCC2CC3)CN1c1cc(-c2ccccc2)cs1. The number of hydrogen-bond donors (Lipinski definition) is 0. The number of rotatable bonds is 2. The van der Waals surface area contributed by atoms with E-state index in [0.29, 0.717) is 12.5 Å². The Labute approximate surface area is 145 Å². The maximum absolute atomic E-state index is 12.6. The predicted octanol–water partition coefficient (Wildman–Crippen LogP) is 3.84. The Bertz CT molecular complexity index is 767. The van der Waals surface area contributed by atoms with Gasteiger partial charge in [0.15, 0.2) is 0 Å². The second-order valence-corrected chi connectivity index (χ2v) is 8.00. The van der Waals surface area contributed by atoms with Crippen molar-refractivity contribution in [2.24, 2.45) is 5.92 Å². The standard InChI is InChI=1S/C19H20N2O2S/c22-18-21(13-19(23-18)12-20-8-6-16(19)7-9-20)17-10-15(11-24-17)14-4-2-1-3-5-14/h1-5,10-11,16H,6-9,12-13H2. The van der Waals surface area contributed by atoms with Crippen LogP contribution in [0.15, 0.2) is 41.8 Å². The Morgan fingerprint density at radius 3 is 2.58 bits per heavy atom. The van der Waals surface area contributed by atoms with E-state index in [9.17, 15) is 4.79 Å². The van der Waals surface area contributed by atoms with Crippen LogP contribution >= 0.6 is 11.3 Å². The first kappa shape index (κ1) is 14.5. The summed E-state index contributed by atoms with van der Waals surface area (Å²) in [6, 6.07) is 12.4. The number of carbonyl (C=O) groups is 1. The first-order chi connectivity index (χ1) is 11.7. The fourth-order valence-corrected chi connectivity index (χ4v) is 5.34. The molecule has 0 radical (unpaired) electrons. The van der Waals surface area contributed by atoms with Crippen molar-refractivity contribution >= 4 is 22.4 Å². The van der Waals surface area contributed by atoms with E-state index in [0.717, 1.165) is 37.5 Å². The van der Waals surface area contributed by atoms with Crippen molar-refractivity contribution in [2.75, 3.05) is 31.1 Å². The lowest BCUT2D eigenvalue weighted by atomic mass is 9.75. The fraction of sp³-hybridized carbons (Fsp3) is 0.421. The van der Waals surface area contributed by atoms with Crippen molar-refractivity contribution in [1.29, 1.82) is 0 Å². The number of amides is 1. The van der Waals surface area contributed by atoms with Crippen LogP contribution in [0.4, 0.5) is 9.80 Å². The molecule has 4 nitrogen and oxygen atoms in total. The molecule has 24 heavy (non-hydrogen) atoms. The highest BCUT2D eigenvalue weighted by molar-refractivity contribution is 7.14. The Morgan fingerprint density at radius 2 is 1.88 bits per heavy atom. The molecule has 0 saturated carbocycles. The summed E-state index contributed by atoms with van der Waals surface area (Å²) in [5.74, 6) is 0.519. The van der Waals surface area contributed by atoms with E-state index in [1.165, 1.54) is 11.1 Å². The van der Waals surface area contributed by atoms with Gasteiger partial charge in [-0.25, -0.2) is 4.79 Å². The smallest absolute Gasteiger partial charge is 0.415 e. The molecule has 1 aromatic heterocycles. The molecule has 6 rings (SSSR count). The number of carbonyl (C=O) groups excluding carboxylic acids is 1. The summed E-state index contributed by atoms with van der Waals surface area (Å²) >= 11 is 1.62. The summed E-state index contributed by atoms with van der Waals surface area (Å²) in [6.07, 6.45) is 2.13. The van der Waals surface area contributed by atoms with E-state index in [1.54, 1.807) is 11.3 Å². The van der Waals surface area contributed by atoms with E-state index in [4.69, 9.17) is 4.74 Å². The van der Waals surface area contributed by atoms with Crippen LogP contribution in [-0.4, -0.2) is 42.8 Å². The molecule has 4 aliphatic rings. The maximum atomic E-state index is 12.6. The van der Waals surface area contributed by atoms with Crippen LogP contribution in [0.3, 0.4) is 0 Å². The Kier molecular flexibility index (Phi) is 3.22. The van der Waals surface area contributed by atoms with Crippen molar-refractivity contribution in [3.8, 4) is 11.1 Å². The minimum atomic E-state index is -0.287. The largest absolute Gasteiger partial charge is 0.439 e. The van der Waals surface area contributed by atoms with Gasteiger partial charge in [0.2, 0.25) is 0 Å². The van der Waals surface area contributed by atoms with Gasteiger partial charge in [0, 0.05) is 17.8 Å². The summed E-state index contributed by atoms with van der Waals surface area (Å²) in [4.78, 5) is 16.9. The molecule has 5 heteroatoms. The van der Waals surface area contributed by atoms with Gasteiger partial charge in [-0.05, 0) is 43.1 Å². The number of hydrogen-bond acceptors (Lipinski definition) is 4. The van der Waals surface area contributed by atoms with E-state index < -0.39 is 0 Å². The van der Waals surface area contributed by atoms with Gasteiger partial charge >= 0.3 is 6.09 Å². The third kappa shape index (κ3) is 2.19. The van der Waals surface area contributed by atoms with Crippen molar-refractivity contribution in [2.45, 2.75) is 18.4 Å². The van der Waals surface area contributed by atoms with Crippen molar-refractivity contribution < 1.29 is 9.53 Å². The average molecular weight is 340 g/mol. The normalized spacial score (nSPS) is 31.7. The van der Waals surface area contributed by atoms with Crippen LogP contribution in [-0.2, 0) is 4.74 Å². The molecule has 1 amide bonds. The van der Waals surface area contributed by atoms with Crippen LogP contribution < -0.4 is 4.90 Å². The van der Waals surface area contributed by atoms with E-state index >= 15 is 0 Å². The van der Waals surface area contributed by atoms with Gasteiger partial charge in [0.05, 0.1) is 6.54 Å². The monoisotopic (exact) mass is 340 g/mol. The molecule has 1 aromatic carbocycles. The first-order valence-corrected chi connectivity index (χ1v) is 9.48. The molecule has 1 spiro atoms. The molecule has 4 fully saturated rings. The Balaban J connectivity index is 1.42. The molecule has 124 valence electrons. The number of thiophene rings is 1. The molecule has 2 aromatic rings. The molecular weight excluding hydrogens is 320 g/mol. The number of piperidine rings is 3. The quantitative estimate of drug-likeness (QED) is 0.833. The average Bonchev–Trinajstić information content (AvgIpc) is 3.22. The third-order valence-corrected chi connectivity index (χ3v) is 6.67. The van der Waals surface area contributed by atoms with Crippen LogP contribution in [0.2, 0.25) is 0 Å². The first-order valence-electron chi connectivity index (χ1n) is 8.60. The van der Waals surface area contributed by atoms with Gasteiger partial charge < -0.3 is 4.74 Å². The summed E-state index contributed by atoms with van der Waals surface area (Å²) in [7, 11) is 0. The topological polar surface area (TPSA) is 32.8 Å². The highest BCUT2D eigenvalue weighted by atomic mass is 32.1. The van der Waals surface area contributed by atoms with Gasteiger partial charge in [-0.2, -0.15) is 0 Å². The van der Waals surface area contributed by atoms with E-state index in [2.05, 4.69) is 28.5 Å². The zero-order chi connectivity index (χ0) is 16.1. The molecule has 4 saturated heterocycles. The Morgan fingerprint density at radius 1 is 1.08 bits per heavy atom. The lowest BCUT2D eigenvalue weighted by molar-refractivity contribution is -0.0881. The third-order valence-electron chi connectivity index (χ3n) is 5.72. The number of ether oxygens (including phenoxy) is 1. The summed E-state index contributed by atoms with van der Waals surface area (Å²) in [5.41, 5.74) is 2.06. The minimum absolute atomic E-state index is 0.176. The maximum Gasteiger partial charge on any atom is 0.415 e. The number of anilines is 1. The van der Waals surface area contributed by atoms with Crippen molar-refractivity contribution in [3.05, 3.63) is 41.8 Å². The Hall–Kier alpha value is -1.85. The van der Waals surface area contributed by atoms with E-state index in [1.807, 2.05) is 23.1 Å². The highest BCUT2D eigenvalue weighted by Gasteiger charge is 2.55. The summed E-state index contributed by atoms with van der Waals surface area (Å²) < 4.78 is 5.96. The minimum Gasteiger partial charge on any atom is -0.439 e. The van der Waals surface area contributed by atoms with Crippen molar-refractivity contribution in [1.82, 2.24) is 4.90 Å². The molecule has 0 aliphatic carbocycles. The van der Waals surface area contributed by atoms with Gasteiger partial charge in [0.1, 0.15) is 10.6 Å². The molecule has 0 N–H and O–H groups in total. The lowest BCUT2D eigenvalue weighted by Crippen LogP contribution is -2.61. The predicted molar refractivity (Wildman–Crippen MR) is 95.5 cm³/mol. The zero-order valence-electron chi connectivity index (χ0n) is 13.5. The number of fused-ring (bicyclic) bond motifs is 2. The van der Waals surface area contributed by atoms with Gasteiger partial charge in [-0.1, -0.05) is 30.3 Å². The summed E-state index contributed by atoms with van der Waals surface area (Å²) in [5, 5.41) is 3.12. The van der Waals surface area contributed by atoms with Crippen molar-refractivity contribution in [3.63, 3.8) is 0 Å². The molecule has 2 bridgehead atoms. The van der Waals surface area contributed by atoms with Gasteiger partial charge in [0.25, 0.3) is 0 Å². The zero-order valence-corrected chi connectivity index (χ0v) is 14.3. The van der Waals surface area contributed by atoms with E-state index in [-0.39, 0.29) is 11.7 Å². The fourth-order valence-electron chi connectivity index (χ4n) is 4.43. The number of nitrogens with zero attached hydrogens (tertiary/aromatic N) is 2. The van der Waals surface area contributed by atoms with Gasteiger partial charge in [-0.15, -0.1) is 11.3 Å². The van der Waals surface area contributed by atoms with Crippen LogP contribution in [0, 0.1) is 5.92 Å². The summed E-state index contributed by atoms with van der Waals surface area (Å²) in [6.45, 7) is 3.90.